The van der Waals surface area contributed by atoms with Crippen molar-refractivity contribution in [2.75, 3.05) is 5.32 Å². The van der Waals surface area contributed by atoms with Crippen LogP contribution in [0.2, 0.25) is 0 Å². The minimum Gasteiger partial charge on any atom is -0.324 e. The highest BCUT2D eigenvalue weighted by Crippen LogP contribution is 2.31. The molecule has 0 bridgehead atoms. The zero-order valence-corrected chi connectivity index (χ0v) is 32.7. The molecule has 7 rings (SSSR count). The van der Waals surface area contributed by atoms with Crippen LogP contribution in [0, 0.1) is 0 Å². The molecule has 298 valence electrons. The van der Waals surface area contributed by atoms with Crippen molar-refractivity contribution in [1.29, 1.82) is 0 Å². The summed E-state index contributed by atoms with van der Waals surface area (Å²) in [5, 5.41) is 20.0. The molecule has 7 aromatic rings. The molecule has 0 aliphatic carbocycles. The lowest BCUT2D eigenvalue weighted by Crippen LogP contribution is -2.09. The number of rotatable bonds is 13. The average molecular weight is 851 g/mol. The molecule has 4 N–H and O–H groups in total. The second-order valence-corrected chi connectivity index (χ2v) is 17.1. The number of nitrogens with zero attached hydrogens (tertiary/aromatic N) is 7. The summed E-state index contributed by atoms with van der Waals surface area (Å²) in [5.41, 5.74) is 3.96. The van der Waals surface area contributed by atoms with Gasteiger partial charge in [-0.3, -0.25) is 13.7 Å². The van der Waals surface area contributed by atoms with Gasteiger partial charge in [0.25, 0.3) is 30.4 Å². The molecule has 0 aliphatic rings. The van der Waals surface area contributed by atoms with Gasteiger partial charge in [0.1, 0.15) is 16.5 Å². The molecule has 0 aliphatic heterocycles. The Morgan fingerprint density at radius 1 is 0.475 bits per heavy atom. The molecule has 1 aromatic heterocycles. The van der Waals surface area contributed by atoms with Gasteiger partial charge in [-0.05, 0) is 95.4 Å². The van der Waals surface area contributed by atoms with E-state index in [1.165, 1.54) is 36.4 Å². The summed E-state index contributed by atoms with van der Waals surface area (Å²) < 4.78 is 99.8. The first-order valence-corrected chi connectivity index (χ1v) is 21.5. The normalized spacial score (nSPS) is 12.4. The van der Waals surface area contributed by atoms with E-state index in [1.807, 2.05) is 54.6 Å². The molecule has 0 saturated carbocycles. The molecule has 0 unspecified atom stereocenters. The van der Waals surface area contributed by atoms with E-state index in [0.717, 1.165) is 22.9 Å². The van der Waals surface area contributed by atoms with Crippen molar-refractivity contribution in [3.8, 4) is 0 Å². The smallest absolute Gasteiger partial charge is 0.295 e. The molecule has 0 radical (unpaired) electrons. The zero-order valence-electron chi connectivity index (χ0n) is 30.3. The molecule has 17 nitrogen and oxygen atoms in total. The number of hydrogen-bond donors (Lipinski definition) is 4. The van der Waals surface area contributed by atoms with Gasteiger partial charge in [0.05, 0.1) is 32.5 Å². The van der Waals surface area contributed by atoms with Gasteiger partial charge in [-0.15, -0.1) is 0 Å². The molecule has 20 heteroatoms. The largest absolute Gasteiger partial charge is 0.324 e. The summed E-state index contributed by atoms with van der Waals surface area (Å²) in [6.07, 6.45) is 0.563. The number of benzene rings is 6. The molecule has 0 amide bonds. The third kappa shape index (κ3) is 10.6. The summed E-state index contributed by atoms with van der Waals surface area (Å²) >= 11 is 0. The number of hydrogen-bond acceptors (Lipinski definition) is 14. The maximum atomic E-state index is 12.1. The van der Waals surface area contributed by atoms with Crippen LogP contribution in [0.4, 0.5) is 34.4 Å². The lowest BCUT2D eigenvalue weighted by molar-refractivity contribution is 0.479. The molecule has 0 saturated heterocycles. The minimum absolute atomic E-state index is 0.0364. The Hall–Kier alpha value is -6.68. The van der Waals surface area contributed by atoms with Gasteiger partial charge in [-0.25, -0.2) is 4.98 Å². The van der Waals surface area contributed by atoms with Gasteiger partial charge in [0.15, 0.2) is 0 Å². The highest BCUT2D eigenvalue weighted by molar-refractivity contribution is 7.87. The molecular weight excluding hydrogens is 821 g/mol. The Bertz CT molecular complexity index is 3100. The molecule has 1 heterocycles. The molecule has 59 heavy (non-hydrogen) atoms. The first-order valence-electron chi connectivity index (χ1n) is 17.2. The fourth-order valence-electron chi connectivity index (χ4n) is 5.71. The Morgan fingerprint density at radius 3 is 1.54 bits per heavy atom. The fraction of sp³-hybridized carbons (Fsp3) is 0.0513. The van der Waals surface area contributed by atoms with Crippen molar-refractivity contribution in [3.05, 3.63) is 156 Å². The minimum atomic E-state index is -4.89. The van der Waals surface area contributed by atoms with E-state index >= 15 is 0 Å². The predicted molar refractivity (Wildman–Crippen MR) is 216 cm³/mol. The van der Waals surface area contributed by atoms with Gasteiger partial charge in [-0.1, -0.05) is 54.6 Å². The first-order chi connectivity index (χ1) is 28.0. The molecule has 6 aromatic carbocycles. The lowest BCUT2D eigenvalue weighted by atomic mass is 10.1. The maximum absolute atomic E-state index is 12.1. The summed E-state index contributed by atoms with van der Waals surface area (Å²) in [6.45, 7) is 0. The Morgan fingerprint density at radius 2 is 1.00 bits per heavy atom. The highest BCUT2D eigenvalue weighted by Gasteiger charge is 2.21. The zero-order chi connectivity index (χ0) is 41.8. The Labute approximate surface area is 337 Å². The molecule has 0 fully saturated rings. The predicted octanol–water partition coefficient (Wildman–Crippen LogP) is 8.52. The van der Waals surface area contributed by atoms with Crippen molar-refractivity contribution in [3.63, 3.8) is 0 Å². The number of fused-ring (bicyclic) bond motifs is 1. The van der Waals surface area contributed by atoms with E-state index in [0.29, 0.717) is 41.2 Å². The average Bonchev–Trinajstić information content (AvgIpc) is 3.19. The monoisotopic (exact) mass is 850 g/mol. The third-order valence-electron chi connectivity index (χ3n) is 8.48. The van der Waals surface area contributed by atoms with Crippen LogP contribution in [-0.2, 0) is 43.2 Å². The van der Waals surface area contributed by atoms with E-state index in [9.17, 15) is 38.9 Å². The number of aromatic nitrogens is 3. The lowest BCUT2D eigenvalue weighted by Gasteiger charge is -2.10. The highest BCUT2D eigenvalue weighted by atomic mass is 32.2. The van der Waals surface area contributed by atoms with E-state index < -0.39 is 40.1 Å². The quantitative estimate of drug-likeness (QED) is 0.0627. The standard InChI is InChI=1S/C39H30N8O9S3/c48-57(49,50)33-8-4-7-31(22-33)40-39-42-37(19-25-9-14-29(15-10-25)45-44-28-5-2-1-3-6-28)41-38(43-39)20-26-11-16-30(17-12-26)46-47-32-18-13-27-21-34(58(51,52)53)24-36(35(27)23-32)59(54,55)56/h1-18,21-24H,19-20H2,(H,48,49,50)(H,51,52,53)(H,54,55,56)(H,40,41,42,43). The van der Waals surface area contributed by atoms with Crippen molar-refractivity contribution < 1.29 is 38.9 Å². The second kappa shape index (κ2) is 16.7. The Balaban J connectivity index is 1.12. The van der Waals surface area contributed by atoms with Crippen LogP contribution in [0.25, 0.3) is 10.8 Å². The van der Waals surface area contributed by atoms with Crippen LogP contribution in [0.1, 0.15) is 22.8 Å². The van der Waals surface area contributed by atoms with Crippen molar-refractivity contribution in [1.82, 2.24) is 15.0 Å². The molecule has 0 atom stereocenters. The van der Waals surface area contributed by atoms with Gasteiger partial charge >= 0.3 is 0 Å². The van der Waals surface area contributed by atoms with E-state index in [-0.39, 0.29) is 33.7 Å². The van der Waals surface area contributed by atoms with Crippen molar-refractivity contribution in [2.45, 2.75) is 27.5 Å². The fourth-order valence-corrected chi connectivity index (χ4v) is 7.58. The van der Waals surface area contributed by atoms with Crippen LogP contribution < -0.4 is 5.32 Å². The first kappa shape index (κ1) is 40.5. The van der Waals surface area contributed by atoms with Gasteiger partial charge < -0.3 is 5.32 Å². The number of anilines is 2. The summed E-state index contributed by atoms with van der Waals surface area (Å²) in [6, 6.07) is 35.1. The van der Waals surface area contributed by atoms with Gasteiger partial charge in [-0.2, -0.15) is 55.7 Å². The van der Waals surface area contributed by atoms with Gasteiger partial charge in [0, 0.05) is 23.9 Å². The van der Waals surface area contributed by atoms with Crippen molar-refractivity contribution in [2.24, 2.45) is 20.5 Å². The van der Waals surface area contributed by atoms with E-state index in [4.69, 9.17) is 4.98 Å². The van der Waals surface area contributed by atoms with Crippen LogP contribution in [0.15, 0.2) is 169 Å². The summed E-state index contributed by atoms with van der Waals surface area (Å²) in [4.78, 5) is 12.1. The summed E-state index contributed by atoms with van der Waals surface area (Å²) in [5.74, 6) is 0.932. The van der Waals surface area contributed by atoms with E-state index in [1.54, 1.807) is 30.3 Å². The topological polar surface area (TPSA) is 263 Å². The Kier molecular flexibility index (Phi) is 11.4. The SMILES string of the molecule is O=S(=O)(O)c1cccc(Nc2nc(Cc3ccc(N=Nc4ccccc4)cc3)nc(Cc3ccc(N=Nc4ccc5cc(S(=O)(=O)O)cc(S(=O)(=O)O)c5c4)cc3)n2)c1. The third-order valence-corrected chi connectivity index (χ3v) is 11.1. The van der Waals surface area contributed by atoms with Crippen LogP contribution >= 0.6 is 0 Å². The molecular formula is C39H30N8O9S3. The van der Waals surface area contributed by atoms with Crippen molar-refractivity contribution >= 4 is 75.5 Å². The van der Waals surface area contributed by atoms with Gasteiger partial charge in [0.2, 0.25) is 5.95 Å². The van der Waals surface area contributed by atoms with Crippen LogP contribution in [0.3, 0.4) is 0 Å². The van der Waals surface area contributed by atoms with Crippen LogP contribution in [0.5, 0.6) is 0 Å². The summed E-state index contributed by atoms with van der Waals surface area (Å²) in [7, 11) is -14.1. The van der Waals surface area contributed by atoms with Crippen LogP contribution in [-0.4, -0.2) is 53.9 Å². The molecule has 0 spiro atoms. The van der Waals surface area contributed by atoms with E-state index in [2.05, 4.69) is 35.7 Å². The second-order valence-electron chi connectivity index (χ2n) is 12.8. The number of azo groups is 2. The number of nitrogens with one attached hydrogen (secondary N) is 1. The maximum Gasteiger partial charge on any atom is 0.295 e.